The van der Waals surface area contributed by atoms with Crippen molar-refractivity contribution in [2.75, 3.05) is 12.4 Å². The second kappa shape index (κ2) is 6.91. The number of rotatable bonds is 4. The minimum Gasteiger partial charge on any atom is -0.496 e. The van der Waals surface area contributed by atoms with E-state index in [-0.39, 0.29) is 0 Å². The molecule has 0 amide bonds. The van der Waals surface area contributed by atoms with E-state index in [9.17, 15) is 0 Å². The van der Waals surface area contributed by atoms with Crippen molar-refractivity contribution in [3.8, 4) is 16.9 Å². The molecule has 0 unspecified atom stereocenters. The number of ether oxygens (including phenoxy) is 1. The van der Waals surface area contributed by atoms with E-state index >= 15 is 0 Å². The number of hydrogen-bond donors (Lipinski definition) is 2. The monoisotopic (exact) mass is 381 g/mol. The molecule has 3 aromatic carbocycles. The first-order chi connectivity index (χ1) is 14.2. The van der Waals surface area contributed by atoms with Crippen LogP contribution in [0.4, 0.5) is 11.5 Å². The fourth-order valence-electron chi connectivity index (χ4n) is 3.54. The molecule has 0 fully saturated rings. The predicted molar refractivity (Wildman–Crippen MR) is 116 cm³/mol. The zero-order valence-electron chi connectivity index (χ0n) is 16.1. The lowest BCUT2D eigenvalue weighted by atomic mass is 10.0. The van der Waals surface area contributed by atoms with Gasteiger partial charge in [0.1, 0.15) is 17.9 Å². The molecule has 0 bridgehead atoms. The largest absolute Gasteiger partial charge is 0.496 e. The highest BCUT2D eigenvalue weighted by atomic mass is 16.5. The number of nitrogens with one attached hydrogen (secondary N) is 2. The third-order valence-electron chi connectivity index (χ3n) is 5.11. The highest BCUT2D eigenvalue weighted by Crippen LogP contribution is 2.32. The van der Waals surface area contributed by atoms with E-state index in [1.807, 2.05) is 37.4 Å². The maximum atomic E-state index is 5.48. The number of benzene rings is 3. The SMILES string of the molecule is COc1cc(-c2ccc3ncnc(Nc4cccc5[nH]ncc45)c3c2)ccc1C. The van der Waals surface area contributed by atoms with Gasteiger partial charge in [-0.15, -0.1) is 0 Å². The lowest BCUT2D eigenvalue weighted by molar-refractivity contribution is 0.412. The van der Waals surface area contributed by atoms with Gasteiger partial charge >= 0.3 is 0 Å². The third-order valence-corrected chi connectivity index (χ3v) is 5.11. The zero-order valence-corrected chi connectivity index (χ0v) is 16.1. The molecule has 0 spiro atoms. The van der Waals surface area contributed by atoms with Crippen molar-refractivity contribution < 1.29 is 4.74 Å². The number of methoxy groups -OCH3 is 1. The van der Waals surface area contributed by atoms with Crippen LogP contribution in [0.3, 0.4) is 0 Å². The van der Waals surface area contributed by atoms with Gasteiger partial charge in [0.25, 0.3) is 0 Å². The van der Waals surface area contributed by atoms with Crippen molar-refractivity contribution >= 4 is 33.3 Å². The topological polar surface area (TPSA) is 75.7 Å². The molecular weight excluding hydrogens is 362 g/mol. The van der Waals surface area contributed by atoms with E-state index in [0.717, 1.165) is 55.8 Å². The Bertz CT molecular complexity index is 1340. The summed E-state index contributed by atoms with van der Waals surface area (Å²) in [6, 6.07) is 18.4. The van der Waals surface area contributed by atoms with Gasteiger partial charge < -0.3 is 10.1 Å². The van der Waals surface area contributed by atoms with Gasteiger partial charge in [-0.25, -0.2) is 9.97 Å². The van der Waals surface area contributed by atoms with Gasteiger partial charge in [0.15, 0.2) is 0 Å². The maximum absolute atomic E-state index is 5.48. The van der Waals surface area contributed by atoms with Crippen LogP contribution in [0.15, 0.2) is 67.1 Å². The van der Waals surface area contributed by atoms with E-state index in [0.29, 0.717) is 0 Å². The van der Waals surface area contributed by atoms with Crippen LogP contribution in [0.2, 0.25) is 0 Å². The number of fused-ring (bicyclic) bond motifs is 2. The lowest BCUT2D eigenvalue weighted by Gasteiger charge is -2.12. The lowest BCUT2D eigenvalue weighted by Crippen LogP contribution is -1.97. The fraction of sp³-hybridized carbons (Fsp3) is 0.0870. The van der Waals surface area contributed by atoms with Crippen molar-refractivity contribution in [2.24, 2.45) is 0 Å². The van der Waals surface area contributed by atoms with Gasteiger partial charge in [0.05, 0.1) is 30.0 Å². The van der Waals surface area contributed by atoms with Gasteiger partial charge in [-0.1, -0.05) is 24.3 Å². The van der Waals surface area contributed by atoms with Gasteiger partial charge in [-0.3, -0.25) is 5.10 Å². The van der Waals surface area contributed by atoms with Gasteiger partial charge in [0.2, 0.25) is 0 Å². The summed E-state index contributed by atoms with van der Waals surface area (Å²) >= 11 is 0. The molecule has 0 radical (unpaired) electrons. The van der Waals surface area contributed by atoms with Crippen molar-refractivity contribution in [3.63, 3.8) is 0 Å². The Hall–Kier alpha value is -3.93. The molecule has 2 N–H and O–H groups in total. The number of hydrogen-bond acceptors (Lipinski definition) is 5. The third kappa shape index (κ3) is 3.04. The molecule has 2 aromatic heterocycles. The molecule has 6 nitrogen and oxygen atoms in total. The average Bonchev–Trinajstić information content (AvgIpc) is 3.24. The maximum Gasteiger partial charge on any atom is 0.141 e. The minimum atomic E-state index is 0.754. The molecule has 0 aliphatic carbocycles. The van der Waals surface area contributed by atoms with Crippen LogP contribution < -0.4 is 10.1 Å². The summed E-state index contributed by atoms with van der Waals surface area (Å²) in [7, 11) is 1.69. The Morgan fingerprint density at radius 2 is 1.79 bits per heavy atom. The van der Waals surface area contributed by atoms with Crippen LogP contribution >= 0.6 is 0 Å². The van der Waals surface area contributed by atoms with Crippen molar-refractivity contribution in [3.05, 3.63) is 72.7 Å². The van der Waals surface area contributed by atoms with E-state index in [2.05, 4.69) is 55.8 Å². The molecule has 6 heteroatoms. The zero-order chi connectivity index (χ0) is 19.8. The van der Waals surface area contributed by atoms with E-state index < -0.39 is 0 Å². The molecule has 0 atom stereocenters. The highest BCUT2D eigenvalue weighted by Gasteiger charge is 2.10. The van der Waals surface area contributed by atoms with E-state index in [1.54, 1.807) is 13.4 Å². The summed E-state index contributed by atoms with van der Waals surface area (Å²) < 4.78 is 5.48. The quantitative estimate of drug-likeness (QED) is 0.446. The summed E-state index contributed by atoms with van der Waals surface area (Å²) in [5.74, 6) is 1.63. The molecule has 0 saturated carbocycles. The first-order valence-electron chi connectivity index (χ1n) is 9.32. The number of nitrogens with zero attached hydrogens (tertiary/aromatic N) is 3. The molecule has 0 aliphatic rings. The van der Waals surface area contributed by atoms with Gasteiger partial charge in [0, 0.05) is 10.8 Å². The van der Waals surface area contributed by atoms with Crippen LogP contribution in [0.1, 0.15) is 5.56 Å². The second-order valence-corrected chi connectivity index (χ2v) is 6.90. The summed E-state index contributed by atoms with van der Waals surface area (Å²) in [6.45, 7) is 2.04. The van der Waals surface area contributed by atoms with E-state index in [4.69, 9.17) is 4.74 Å². The summed E-state index contributed by atoms with van der Waals surface area (Å²) in [4.78, 5) is 8.92. The Labute approximate surface area is 167 Å². The number of aromatic amines is 1. The van der Waals surface area contributed by atoms with Crippen LogP contribution in [-0.2, 0) is 0 Å². The highest BCUT2D eigenvalue weighted by molar-refractivity contribution is 5.98. The fourth-order valence-corrected chi connectivity index (χ4v) is 3.54. The molecule has 2 heterocycles. The Kier molecular flexibility index (Phi) is 4.09. The number of H-pyrrole nitrogens is 1. The molecule has 5 aromatic rings. The van der Waals surface area contributed by atoms with Gasteiger partial charge in [-0.2, -0.15) is 5.10 Å². The van der Waals surface area contributed by atoms with Crippen molar-refractivity contribution in [1.29, 1.82) is 0 Å². The molecule has 29 heavy (non-hydrogen) atoms. The summed E-state index contributed by atoms with van der Waals surface area (Å²) in [6.07, 6.45) is 3.39. The molecule has 0 aliphatic heterocycles. The molecule has 5 rings (SSSR count). The smallest absolute Gasteiger partial charge is 0.141 e. The minimum absolute atomic E-state index is 0.754. The van der Waals surface area contributed by atoms with Gasteiger partial charge in [-0.05, 0) is 53.9 Å². The first kappa shape index (κ1) is 17.2. The molecule has 142 valence electrons. The Balaban J connectivity index is 1.62. The normalized spacial score (nSPS) is 11.1. The van der Waals surface area contributed by atoms with E-state index in [1.165, 1.54) is 0 Å². The molecule has 0 saturated heterocycles. The summed E-state index contributed by atoms with van der Waals surface area (Å²) in [5, 5.41) is 12.5. The predicted octanol–water partition coefficient (Wildman–Crippen LogP) is 5.23. The Morgan fingerprint density at radius 3 is 2.69 bits per heavy atom. The van der Waals surface area contributed by atoms with Crippen LogP contribution in [0.5, 0.6) is 5.75 Å². The second-order valence-electron chi connectivity index (χ2n) is 6.90. The molecular formula is C23H19N5O. The van der Waals surface area contributed by atoms with Crippen molar-refractivity contribution in [2.45, 2.75) is 6.92 Å². The van der Waals surface area contributed by atoms with Crippen molar-refractivity contribution in [1.82, 2.24) is 20.2 Å². The first-order valence-corrected chi connectivity index (χ1v) is 9.32. The number of aryl methyl sites for hydroxylation is 1. The van der Waals surface area contributed by atoms with Crippen LogP contribution in [-0.4, -0.2) is 27.3 Å². The van der Waals surface area contributed by atoms with Crippen LogP contribution in [0.25, 0.3) is 32.9 Å². The summed E-state index contributed by atoms with van der Waals surface area (Å²) in [5.41, 5.74) is 6.07. The standard InChI is InChI=1S/C23H19N5O/c1-14-6-7-16(11-22(14)29-2)15-8-9-19-17(10-15)23(25-13-24-19)27-20-4-3-5-21-18(20)12-26-28-21/h3-13H,1-2H3,(H,26,28)(H,24,25,27). The Morgan fingerprint density at radius 1 is 0.931 bits per heavy atom. The number of anilines is 2. The number of aromatic nitrogens is 4. The van der Waals surface area contributed by atoms with Crippen LogP contribution in [0, 0.1) is 6.92 Å². The average molecular weight is 381 g/mol.